The summed E-state index contributed by atoms with van der Waals surface area (Å²) in [4.78, 5) is 0. The van der Waals surface area contributed by atoms with Gasteiger partial charge in [0.15, 0.2) is 0 Å². The van der Waals surface area contributed by atoms with E-state index in [1.54, 1.807) is 14.2 Å². The maximum Gasteiger partial charge on any atom is 0.120 e. The van der Waals surface area contributed by atoms with Crippen molar-refractivity contribution in [2.24, 2.45) is 0 Å². The molecule has 0 saturated carbocycles. The van der Waals surface area contributed by atoms with Crippen LogP contribution in [0.5, 0.6) is 11.5 Å². The summed E-state index contributed by atoms with van der Waals surface area (Å²) in [5, 5.41) is 4.94. The summed E-state index contributed by atoms with van der Waals surface area (Å²) in [5.74, 6) is 1.72. The lowest BCUT2D eigenvalue weighted by atomic mass is 9.98. The SMILES string of the molecule is COCCOCCOc1ccc2c3c(ccc2c1)-c1ccc2cc(OCCOCCOC)ccc2c1C3. The van der Waals surface area contributed by atoms with E-state index in [4.69, 9.17) is 28.4 Å². The fraction of sp³-hybridized carbons (Fsp3) is 0.355. The van der Waals surface area contributed by atoms with E-state index in [-0.39, 0.29) is 0 Å². The molecule has 1 aliphatic rings. The molecule has 4 aromatic carbocycles. The fourth-order valence-corrected chi connectivity index (χ4v) is 4.91. The normalized spacial score (nSPS) is 12.2. The van der Waals surface area contributed by atoms with Crippen LogP contribution in [0.1, 0.15) is 11.1 Å². The number of hydrogen-bond acceptors (Lipinski definition) is 6. The summed E-state index contributed by atoms with van der Waals surface area (Å²) in [6.07, 6.45) is 0.917. The predicted molar refractivity (Wildman–Crippen MR) is 146 cm³/mol. The first kappa shape index (κ1) is 25.5. The van der Waals surface area contributed by atoms with Crippen LogP contribution in [0.3, 0.4) is 0 Å². The summed E-state index contributed by atoms with van der Waals surface area (Å²) in [5.41, 5.74) is 5.39. The molecule has 6 nitrogen and oxygen atoms in total. The van der Waals surface area contributed by atoms with Gasteiger partial charge in [0.1, 0.15) is 24.7 Å². The summed E-state index contributed by atoms with van der Waals surface area (Å²) in [6, 6.07) is 21.6. The van der Waals surface area contributed by atoms with Crippen LogP contribution in [0, 0.1) is 0 Å². The molecule has 0 heterocycles. The van der Waals surface area contributed by atoms with Crippen molar-refractivity contribution in [2.45, 2.75) is 6.42 Å². The molecule has 0 aromatic heterocycles. The second-order valence-corrected chi connectivity index (χ2v) is 9.03. The number of benzene rings is 4. The Morgan fingerprint density at radius 2 is 0.973 bits per heavy atom. The van der Waals surface area contributed by atoms with Crippen molar-refractivity contribution in [2.75, 3.05) is 67.1 Å². The Bertz CT molecular complexity index is 1250. The molecule has 0 spiro atoms. The zero-order valence-electron chi connectivity index (χ0n) is 21.6. The average Bonchev–Trinajstić information content (AvgIpc) is 3.32. The standard InChI is InChI=1S/C31H34O6/c1-32-11-13-34-15-17-36-24-5-9-26-22(19-24)3-7-28-29-8-4-23-20-25(37-18-16-35-14-12-33-2)6-10-27(23)31(29)21-30(26)28/h3-10,19-20H,11-18,21H2,1-2H3. The van der Waals surface area contributed by atoms with Gasteiger partial charge in [0.25, 0.3) is 0 Å². The van der Waals surface area contributed by atoms with E-state index in [0.29, 0.717) is 52.9 Å². The zero-order chi connectivity index (χ0) is 25.5. The minimum absolute atomic E-state index is 0.518. The van der Waals surface area contributed by atoms with Crippen molar-refractivity contribution >= 4 is 21.5 Å². The van der Waals surface area contributed by atoms with E-state index >= 15 is 0 Å². The van der Waals surface area contributed by atoms with Crippen LogP contribution in [0.15, 0.2) is 60.7 Å². The molecule has 0 atom stereocenters. The number of hydrogen-bond donors (Lipinski definition) is 0. The van der Waals surface area contributed by atoms with Crippen molar-refractivity contribution in [3.8, 4) is 22.6 Å². The lowest BCUT2D eigenvalue weighted by Gasteiger charge is -2.10. The third kappa shape index (κ3) is 5.89. The number of methoxy groups -OCH3 is 2. The molecule has 0 aliphatic heterocycles. The zero-order valence-corrected chi connectivity index (χ0v) is 21.6. The molecule has 0 N–H and O–H groups in total. The molecule has 5 rings (SSSR count). The molecule has 0 saturated heterocycles. The average molecular weight is 503 g/mol. The smallest absolute Gasteiger partial charge is 0.120 e. The van der Waals surface area contributed by atoms with E-state index in [1.165, 1.54) is 43.8 Å². The highest BCUT2D eigenvalue weighted by molar-refractivity contribution is 6.01. The van der Waals surface area contributed by atoms with Crippen LogP contribution in [-0.4, -0.2) is 67.1 Å². The highest BCUT2D eigenvalue weighted by Gasteiger charge is 2.22. The first-order chi connectivity index (χ1) is 18.3. The molecule has 0 bridgehead atoms. The van der Waals surface area contributed by atoms with E-state index in [0.717, 1.165) is 17.9 Å². The molecule has 1 aliphatic carbocycles. The highest BCUT2D eigenvalue weighted by atomic mass is 16.5. The van der Waals surface area contributed by atoms with Gasteiger partial charge in [-0.2, -0.15) is 0 Å². The maximum absolute atomic E-state index is 5.91. The fourth-order valence-electron chi connectivity index (χ4n) is 4.91. The molecule has 194 valence electrons. The topological polar surface area (TPSA) is 55.4 Å². The number of rotatable bonds is 14. The Kier molecular flexibility index (Phi) is 8.53. The van der Waals surface area contributed by atoms with Crippen LogP contribution in [0.25, 0.3) is 32.7 Å². The summed E-state index contributed by atoms with van der Waals surface area (Å²) < 4.78 is 32.8. The van der Waals surface area contributed by atoms with Gasteiger partial charge in [-0.15, -0.1) is 0 Å². The quantitative estimate of drug-likeness (QED) is 0.183. The van der Waals surface area contributed by atoms with Crippen LogP contribution < -0.4 is 9.47 Å². The van der Waals surface area contributed by atoms with Gasteiger partial charge in [-0.25, -0.2) is 0 Å². The van der Waals surface area contributed by atoms with Crippen LogP contribution in [0.4, 0.5) is 0 Å². The van der Waals surface area contributed by atoms with Crippen molar-refractivity contribution in [1.29, 1.82) is 0 Å². The van der Waals surface area contributed by atoms with Gasteiger partial charge in [0, 0.05) is 14.2 Å². The van der Waals surface area contributed by atoms with E-state index in [2.05, 4.69) is 60.7 Å². The van der Waals surface area contributed by atoms with Gasteiger partial charge >= 0.3 is 0 Å². The van der Waals surface area contributed by atoms with Crippen molar-refractivity contribution in [1.82, 2.24) is 0 Å². The summed E-state index contributed by atoms with van der Waals surface area (Å²) in [7, 11) is 3.34. The third-order valence-corrected chi connectivity index (χ3v) is 6.71. The molecule has 0 radical (unpaired) electrons. The largest absolute Gasteiger partial charge is 0.491 e. The van der Waals surface area contributed by atoms with E-state index < -0.39 is 0 Å². The van der Waals surface area contributed by atoms with Crippen molar-refractivity contribution in [3.63, 3.8) is 0 Å². The molecule has 0 amide bonds. The van der Waals surface area contributed by atoms with Gasteiger partial charge in [0.2, 0.25) is 0 Å². The molecule has 0 fully saturated rings. The van der Waals surface area contributed by atoms with Gasteiger partial charge in [0.05, 0.1) is 39.6 Å². The Morgan fingerprint density at radius 1 is 0.514 bits per heavy atom. The van der Waals surface area contributed by atoms with Crippen molar-refractivity contribution < 1.29 is 28.4 Å². The Hall–Kier alpha value is -3.16. The first-order valence-electron chi connectivity index (χ1n) is 12.8. The van der Waals surface area contributed by atoms with Gasteiger partial charge < -0.3 is 28.4 Å². The minimum Gasteiger partial charge on any atom is -0.491 e. The second kappa shape index (κ2) is 12.4. The minimum atomic E-state index is 0.518. The lowest BCUT2D eigenvalue weighted by molar-refractivity contribution is 0.0544. The van der Waals surface area contributed by atoms with Crippen LogP contribution in [-0.2, 0) is 25.4 Å². The van der Waals surface area contributed by atoms with E-state index in [1.807, 2.05) is 0 Å². The van der Waals surface area contributed by atoms with Gasteiger partial charge in [-0.1, -0.05) is 36.4 Å². The summed E-state index contributed by atoms with van der Waals surface area (Å²) in [6.45, 7) is 4.48. The monoisotopic (exact) mass is 502 g/mol. The van der Waals surface area contributed by atoms with E-state index in [9.17, 15) is 0 Å². The molecule has 4 aromatic rings. The predicted octanol–water partition coefficient (Wildman–Crippen LogP) is 5.65. The lowest BCUT2D eigenvalue weighted by Crippen LogP contribution is -2.09. The van der Waals surface area contributed by atoms with Crippen molar-refractivity contribution in [3.05, 3.63) is 71.8 Å². The Balaban J connectivity index is 1.28. The molecular weight excluding hydrogens is 468 g/mol. The molecular formula is C31H34O6. The molecule has 6 heteroatoms. The number of fused-ring (bicyclic) bond motifs is 7. The second-order valence-electron chi connectivity index (χ2n) is 9.03. The highest BCUT2D eigenvalue weighted by Crippen LogP contribution is 2.44. The summed E-state index contributed by atoms with van der Waals surface area (Å²) >= 11 is 0. The third-order valence-electron chi connectivity index (χ3n) is 6.71. The van der Waals surface area contributed by atoms with Gasteiger partial charge in [-0.3, -0.25) is 0 Å². The number of ether oxygens (including phenoxy) is 6. The Labute approximate surface area is 218 Å². The Morgan fingerprint density at radius 3 is 1.43 bits per heavy atom. The van der Waals surface area contributed by atoms with Gasteiger partial charge in [-0.05, 0) is 74.5 Å². The van der Waals surface area contributed by atoms with Crippen LogP contribution in [0.2, 0.25) is 0 Å². The molecule has 37 heavy (non-hydrogen) atoms. The maximum atomic E-state index is 5.91. The first-order valence-corrected chi connectivity index (χ1v) is 12.8. The molecule has 0 unspecified atom stereocenters. The van der Waals surface area contributed by atoms with Crippen LogP contribution >= 0.6 is 0 Å².